The van der Waals surface area contributed by atoms with Crippen LogP contribution in [0.1, 0.15) is 25.8 Å². The van der Waals surface area contributed by atoms with Crippen molar-refractivity contribution in [2.45, 2.75) is 32.9 Å². The van der Waals surface area contributed by atoms with Crippen molar-refractivity contribution >= 4 is 23.4 Å². The van der Waals surface area contributed by atoms with Gasteiger partial charge in [-0.25, -0.2) is 0 Å². The third-order valence-corrected chi connectivity index (χ3v) is 4.80. The van der Waals surface area contributed by atoms with Crippen LogP contribution in [0.15, 0.2) is 48.5 Å². The molecule has 0 aromatic heterocycles. The van der Waals surface area contributed by atoms with Gasteiger partial charge in [-0.2, -0.15) is 0 Å². The number of ether oxygens (including phenoxy) is 2. The van der Waals surface area contributed by atoms with Gasteiger partial charge in [0.05, 0.1) is 7.11 Å². The minimum absolute atomic E-state index is 0.203. The molecular weight excluding hydrogens is 392 g/mol. The second-order valence-electron chi connectivity index (χ2n) is 6.52. The van der Waals surface area contributed by atoms with Crippen LogP contribution in [0.2, 0.25) is 5.02 Å². The lowest BCUT2D eigenvalue weighted by Gasteiger charge is -2.29. The van der Waals surface area contributed by atoms with Crippen LogP contribution in [-0.2, 0) is 16.1 Å². The molecule has 156 valence electrons. The van der Waals surface area contributed by atoms with E-state index in [1.807, 2.05) is 31.2 Å². The van der Waals surface area contributed by atoms with Crippen molar-refractivity contribution in [3.63, 3.8) is 0 Å². The molecule has 2 rings (SSSR count). The molecule has 29 heavy (non-hydrogen) atoms. The first-order chi connectivity index (χ1) is 14.0. The van der Waals surface area contributed by atoms with E-state index in [9.17, 15) is 9.59 Å². The zero-order valence-corrected chi connectivity index (χ0v) is 17.7. The molecule has 0 fully saturated rings. The Labute approximate surface area is 176 Å². The van der Waals surface area contributed by atoms with Gasteiger partial charge in [0.15, 0.2) is 18.1 Å². The third-order valence-electron chi connectivity index (χ3n) is 4.44. The summed E-state index contributed by atoms with van der Waals surface area (Å²) in [5.74, 6) is 0.454. The van der Waals surface area contributed by atoms with Crippen molar-refractivity contribution < 1.29 is 19.1 Å². The van der Waals surface area contributed by atoms with E-state index in [1.54, 1.807) is 31.2 Å². The number of methoxy groups -OCH3 is 1. The van der Waals surface area contributed by atoms with Gasteiger partial charge in [-0.05, 0) is 37.1 Å². The first-order valence-electron chi connectivity index (χ1n) is 9.54. The molecule has 0 spiro atoms. The molecule has 1 atom stereocenters. The van der Waals surface area contributed by atoms with Crippen molar-refractivity contribution in [2.24, 2.45) is 0 Å². The van der Waals surface area contributed by atoms with Crippen LogP contribution in [0.3, 0.4) is 0 Å². The molecule has 2 amide bonds. The van der Waals surface area contributed by atoms with Crippen LogP contribution in [0, 0.1) is 0 Å². The quantitative estimate of drug-likeness (QED) is 0.639. The summed E-state index contributed by atoms with van der Waals surface area (Å²) in [7, 11) is 1.54. The first kappa shape index (κ1) is 22.6. The average Bonchev–Trinajstić information content (AvgIpc) is 2.74. The van der Waals surface area contributed by atoms with Gasteiger partial charge >= 0.3 is 0 Å². The summed E-state index contributed by atoms with van der Waals surface area (Å²) in [5.41, 5.74) is 0.759. The summed E-state index contributed by atoms with van der Waals surface area (Å²) in [5, 5.41) is 3.37. The zero-order valence-electron chi connectivity index (χ0n) is 17.0. The van der Waals surface area contributed by atoms with Crippen LogP contribution >= 0.6 is 11.6 Å². The molecule has 2 aromatic rings. The fourth-order valence-corrected chi connectivity index (χ4v) is 2.94. The van der Waals surface area contributed by atoms with E-state index in [4.69, 9.17) is 21.1 Å². The number of carbonyl (C=O) groups is 2. The van der Waals surface area contributed by atoms with Crippen molar-refractivity contribution in [1.29, 1.82) is 0 Å². The van der Waals surface area contributed by atoms with Crippen molar-refractivity contribution in [2.75, 3.05) is 20.3 Å². The minimum atomic E-state index is -0.674. The van der Waals surface area contributed by atoms with Crippen molar-refractivity contribution in [1.82, 2.24) is 10.2 Å². The van der Waals surface area contributed by atoms with Crippen LogP contribution in [0.25, 0.3) is 0 Å². The maximum atomic E-state index is 13.0. The third kappa shape index (κ3) is 6.39. The Kier molecular flexibility index (Phi) is 8.80. The number of carbonyl (C=O) groups excluding carboxylic acids is 2. The summed E-state index contributed by atoms with van der Waals surface area (Å²) in [6.45, 7) is 4.20. The first-order valence-corrected chi connectivity index (χ1v) is 9.92. The molecule has 0 saturated heterocycles. The molecule has 0 unspecified atom stereocenters. The summed E-state index contributed by atoms with van der Waals surface area (Å²) in [6, 6.07) is 13.7. The van der Waals surface area contributed by atoms with E-state index in [2.05, 4.69) is 5.32 Å². The molecule has 1 N–H and O–H groups in total. The van der Waals surface area contributed by atoms with Crippen LogP contribution in [0.4, 0.5) is 0 Å². The predicted molar refractivity (Wildman–Crippen MR) is 113 cm³/mol. The number of benzene rings is 2. The van der Waals surface area contributed by atoms with Gasteiger partial charge < -0.3 is 19.7 Å². The summed E-state index contributed by atoms with van der Waals surface area (Å²) in [6.07, 6.45) is 0.813. The predicted octanol–water partition coefficient (Wildman–Crippen LogP) is 3.67. The second kappa shape index (κ2) is 11.3. The molecule has 0 bridgehead atoms. The van der Waals surface area contributed by atoms with E-state index in [1.165, 1.54) is 12.0 Å². The van der Waals surface area contributed by atoms with Gasteiger partial charge in [-0.1, -0.05) is 48.9 Å². The summed E-state index contributed by atoms with van der Waals surface area (Å²) >= 11 is 6.27. The highest BCUT2D eigenvalue weighted by Crippen LogP contribution is 2.26. The Morgan fingerprint density at radius 3 is 2.41 bits per heavy atom. The zero-order chi connectivity index (χ0) is 21.2. The smallest absolute Gasteiger partial charge is 0.261 e. The lowest BCUT2D eigenvalue weighted by Crippen LogP contribution is -2.49. The van der Waals surface area contributed by atoms with Gasteiger partial charge in [-0.3, -0.25) is 9.59 Å². The lowest BCUT2D eigenvalue weighted by molar-refractivity contribution is -0.142. The largest absolute Gasteiger partial charge is 0.493 e. The van der Waals surface area contributed by atoms with Gasteiger partial charge in [0, 0.05) is 18.1 Å². The SMILES string of the molecule is CCCNC(=O)[C@@H](C)N(Cc1ccccc1Cl)C(=O)COc1ccccc1OC. The van der Waals surface area contributed by atoms with Crippen LogP contribution in [-0.4, -0.2) is 43.0 Å². The maximum absolute atomic E-state index is 13.0. The highest BCUT2D eigenvalue weighted by Gasteiger charge is 2.27. The standard InChI is InChI=1S/C22H27ClN2O4/c1-4-13-24-22(27)16(2)25(14-17-9-5-6-10-18(17)23)21(26)15-29-20-12-8-7-11-19(20)28-3/h5-12,16H,4,13-15H2,1-3H3,(H,24,27)/t16-/m1/s1. The topological polar surface area (TPSA) is 67.9 Å². The van der Waals surface area contributed by atoms with Gasteiger partial charge in [-0.15, -0.1) is 0 Å². The number of hydrogen-bond donors (Lipinski definition) is 1. The number of halogens is 1. The molecule has 0 aliphatic heterocycles. The monoisotopic (exact) mass is 418 g/mol. The number of nitrogens with zero attached hydrogens (tertiary/aromatic N) is 1. The molecule has 0 heterocycles. The maximum Gasteiger partial charge on any atom is 0.261 e. The van der Waals surface area contributed by atoms with Crippen molar-refractivity contribution in [3.8, 4) is 11.5 Å². The number of rotatable bonds is 10. The van der Waals surface area contributed by atoms with E-state index in [0.29, 0.717) is 23.1 Å². The highest BCUT2D eigenvalue weighted by molar-refractivity contribution is 6.31. The fourth-order valence-electron chi connectivity index (χ4n) is 2.75. The summed E-state index contributed by atoms with van der Waals surface area (Å²) < 4.78 is 10.9. The Bertz CT molecular complexity index is 828. The highest BCUT2D eigenvalue weighted by atomic mass is 35.5. The Morgan fingerprint density at radius 2 is 1.76 bits per heavy atom. The molecule has 2 aromatic carbocycles. The second-order valence-corrected chi connectivity index (χ2v) is 6.93. The fraction of sp³-hybridized carbons (Fsp3) is 0.364. The van der Waals surface area contributed by atoms with Crippen molar-refractivity contribution in [3.05, 3.63) is 59.1 Å². The Hall–Kier alpha value is -2.73. The number of amides is 2. The molecule has 0 aliphatic carbocycles. The van der Waals surface area contributed by atoms with E-state index < -0.39 is 6.04 Å². The molecule has 7 heteroatoms. The minimum Gasteiger partial charge on any atom is -0.493 e. The summed E-state index contributed by atoms with van der Waals surface area (Å²) in [4.78, 5) is 27.0. The molecule has 0 saturated carbocycles. The normalized spacial score (nSPS) is 11.4. The molecule has 6 nitrogen and oxygen atoms in total. The Morgan fingerprint density at radius 1 is 1.10 bits per heavy atom. The number of para-hydroxylation sites is 2. The number of nitrogens with one attached hydrogen (secondary N) is 1. The Balaban J connectivity index is 2.17. The van der Waals surface area contributed by atoms with Crippen LogP contribution in [0.5, 0.6) is 11.5 Å². The van der Waals surface area contributed by atoms with Crippen LogP contribution < -0.4 is 14.8 Å². The van der Waals surface area contributed by atoms with E-state index in [-0.39, 0.29) is 25.0 Å². The van der Waals surface area contributed by atoms with Gasteiger partial charge in [0.1, 0.15) is 6.04 Å². The molecular formula is C22H27ClN2O4. The van der Waals surface area contributed by atoms with Gasteiger partial charge in [0.2, 0.25) is 5.91 Å². The molecule has 0 radical (unpaired) electrons. The molecule has 0 aliphatic rings. The van der Waals surface area contributed by atoms with E-state index >= 15 is 0 Å². The van der Waals surface area contributed by atoms with E-state index in [0.717, 1.165) is 12.0 Å². The van der Waals surface area contributed by atoms with Gasteiger partial charge in [0.25, 0.3) is 5.91 Å². The lowest BCUT2D eigenvalue weighted by atomic mass is 10.1. The average molecular weight is 419 g/mol. The number of hydrogen-bond acceptors (Lipinski definition) is 4.